The summed E-state index contributed by atoms with van der Waals surface area (Å²) in [7, 11) is 0. The van der Waals surface area contributed by atoms with Gasteiger partial charge in [-0.15, -0.1) is 0 Å². The van der Waals surface area contributed by atoms with Crippen LogP contribution in [-0.2, 0) is 19.4 Å². The quantitative estimate of drug-likeness (QED) is 0.107. The van der Waals surface area contributed by atoms with Crippen LogP contribution in [0.25, 0.3) is 67.2 Å². The molecule has 0 saturated carbocycles. The van der Waals surface area contributed by atoms with E-state index in [4.69, 9.17) is 28.5 Å². The minimum absolute atomic E-state index is 0.123. The number of nitrogens with zero attached hydrogens (tertiary/aromatic N) is 6. The van der Waals surface area contributed by atoms with Crippen LogP contribution in [0.1, 0.15) is 26.2 Å². The predicted octanol–water partition coefficient (Wildman–Crippen LogP) is 13.0. The normalized spacial score (nSPS) is 14.3. The number of imidazole rings is 1. The fraction of sp³-hybridized carbons (Fsp3) is 0.0556. The first kappa shape index (κ1) is 29.1. The molecule has 0 N–H and O–H groups in total. The van der Waals surface area contributed by atoms with Crippen LogP contribution >= 0.6 is 0 Å². The first-order valence-electron chi connectivity index (χ1n) is 25.3. The van der Waals surface area contributed by atoms with Crippen LogP contribution in [0.15, 0.2) is 188 Å². The van der Waals surface area contributed by atoms with Gasteiger partial charge in [-0.05, 0) is 18.6 Å². The maximum atomic E-state index is 9.08. The van der Waals surface area contributed by atoms with Gasteiger partial charge in [-0.25, -0.2) is 0 Å². The van der Waals surface area contributed by atoms with Gasteiger partial charge in [-0.3, -0.25) is 0 Å². The number of aryl methyl sites for hydroxylation is 1. The SMILES string of the molecule is [2H]c1c([2H])c([2H])c(-c2cccc(-c3c([2H])c([2H])c([2H])c([2H])c3[2H])c2-n2[c](=[Pt])n(-c3[c-]c(Oc4[c-]c5c(cc4)-c4cc(-c6ccccc6)nn4B(CC)N5c4cc(C)ccn4)ccc3)c3ccccc32)c([2H])c1[2H]. The number of para-hydroxylation sites is 3. The van der Waals surface area contributed by atoms with Gasteiger partial charge in [0, 0.05) is 11.8 Å². The van der Waals surface area contributed by atoms with Gasteiger partial charge in [-0.1, -0.05) is 37.3 Å². The van der Waals surface area contributed by atoms with Crippen molar-refractivity contribution in [1.82, 2.24) is 23.8 Å². The van der Waals surface area contributed by atoms with Crippen LogP contribution in [0, 0.1) is 22.9 Å². The molecule has 0 radical (unpaired) electrons. The van der Waals surface area contributed by atoms with E-state index in [2.05, 4.69) is 53.9 Å². The zero-order valence-electron chi connectivity index (χ0n) is 43.8. The summed E-state index contributed by atoms with van der Waals surface area (Å²) in [5.41, 5.74) is 7.65. The summed E-state index contributed by atoms with van der Waals surface area (Å²) in [5, 5.41) is 5.14. The molecule has 10 aromatic rings. The molecule has 7 aromatic carbocycles. The van der Waals surface area contributed by atoms with Gasteiger partial charge in [0.2, 0.25) is 0 Å². The monoisotopic (exact) mass is 1000 g/mol. The van der Waals surface area contributed by atoms with Crippen LogP contribution in [0.5, 0.6) is 11.5 Å². The van der Waals surface area contributed by atoms with Crippen LogP contribution in [0.2, 0.25) is 6.32 Å². The van der Waals surface area contributed by atoms with Crippen molar-refractivity contribution >= 4 is 29.5 Å². The summed E-state index contributed by atoms with van der Waals surface area (Å²) < 4.78 is 101. The maximum absolute atomic E-state index is 9.08. The summed E-state index contributed by atoms with van der Waals surface area (Å²) in [4.78, 5) is 6.98. The van der Waals surface area contributed by atoms with E-state index in [1.54, 1.807) is 30.5 Å². The molecule has 11 rings (SSSR count). The molecule has 0 saturated heterocycles. The third-order valence-electron chi connectivity index (χ3n) is 11.0. The second-order valence-corrected chi connectivity index (χ2v) is 15.9. The second kappa shape index (κ2) is 16.2. The van der Waals surface area contributed by atoms with Crippen LogP contribution in [0.3, 0.4) is 0 Å². The Morgan fingerprint density at radius 3 is 2.03 bits per heavy atom. The number of pyridine rings is 1. The molecule has 0 atom stereocenters. The van der Waals surface area contributed by atoms with Gasteiger partial charge in [0.15, 0.2) is 0 Å². The summed E-state index contributed by atoms with van der Waals surface area (Å²) >= 11 is 2.15. The molecule has 63 heavy (non-hydrogen) atoms. The fourth-order valence-corrected chi connectivity index (χ4v) is 9.36. The summed E-state index contributed by atoms with van der Waals surface area (Å²) in [6.07, 6.45) is 2.50. The Morgan fingerprint density at radius 1 is 0.667 bits per heavy atom. The standard InChI is InChI=1S/C54H39BN6O.Pt/c1-3-55-60(53-33-38(2)31-32-56-53)51-35-44(29-30-47(51)52-36-48(57-61(52)55)41-21-11-6-12-22-41)62-43-24-15-23-42(34-43)58-37-59(50-28-14-13-27-49(50)58)54-45(39-17-7-4-8-18-39)25-16-26-46(54)40-19-9-5-10-20-40;/h4-33,36H,3H2,1-2H3;/q-2;/i4D,5D,7D,8D,9D,10D,17D,18D,19D,20D;. The average molecular weight is 1000 g/mol. The molecule has 1 aliphatic rings. The molecule has 7 nitrogen and oxygen atoms in total. The molecule has 1 aliphatic heterocycles. The van der Waals surface area contributed by atoms with Crippen LogP contribution in [-0.4, -0.2) is 30.8 Å². The molecule has 9 heteroatoms. The molecule has 3 aromatic heterocycles. The van der Waals surface area contributed by atoms with Gasteiger partial charge in [0.05, 0.1) is 5.69 Å². The Bertz CT molecular complexity index is 3830. The average Bonchev–Trinajstić information content (AvgIpc) is 3.98. The van der Waals surface area contributed by atoms with Crippen LogP contribution < -0.4 is 9.55 Å². The summed E-state index contributed by atoms with van der Waals surface area (Å²) in [6.45, 7) is 3.91. The van der Waals surface area contributed by atoms with Gasteiger partial charge in [-0.2, -0.15) is 5.10 Å². The van der Waals surface area contributed by atoms with Crippen molar-refractivity contribution in [2.75, 3.05) is 4.81 Å². The van der Waals surface area contributed by atoms with Gasteiger partial charge < -0.3 is 0 Å². The fourth-order valence-electron chi connectivity index (χ4n) is 8.28. The van der Waals surface area contributed by atoms with Crippen molar-refractivity contribution in [3.05, 3.63) is 209 Å². The van der Waals surface area contributed by atoms with E-state index in [0.29, 0.717) is 38.3 Å². The summed E-state index contributed by atoms with van der Waals surface area (Å²) in [5.74, 6) is 1.53. The van der Waals surface area contributed by atoms with Crippen molar-refractivity contribution in [2.45, 2.75) is 20.2 Å². The van der Waals surface area contributed by atoms with E-state index >= 15 is 0 Å². The number of benzene rings is 7. The Labute approximate surface area is 391 Å². The molecule has 0 bridgehead atoms. The van der Waals surface area contributed by atoms with Gasteiger partial charge >= 0.3 is 315 Å². The Morgan fingerprint density at radius 2 is 1.33 bits per heavy atom. The summed E-state index contributed by atoms with van der Waals surface area (Å²) in [6, 6.07) is 39.7. The van der Waals surface area contributed by atoms with E-state index in [0.717, 1.165) is 39.6 Å². The van der Waals surface area contributed by atoms with E-state index in [-0.39, 0.29) is 34.9 Å². The third kappa shape index (κ3) is 6.88. The Balaban J connectivity index is 1.08. The number of ether oxygens (including phenoxy) is 1. The van der Waals surface area contributed by atoms with E-state index < -0.39 is 60.4 Å². The third-order valence-corrected chi connectivity index (χ3v) is 12.0. The minimum atomic E-state index is -0.567. The van der Waals surface area contributed by atoms with Crippen LogP contribution in [0.4, 0.5) is 11.5 Å². The number of rotatable bonds is 9. The molecule has 0 spiro atoms. The van der Waals surface area contributed by atoms with Crippen molar-refractivity contribution in [3.8, 4) is 67.6 Å². The van der Waals surface area contributed by atoms with Gasteiger partial charge in [0.25, 0.3) is 0 Å². The predicted molar refractivity (Wildman–Crippen MR) is 250 cm³/mol. The number of hydrogen-bond donors (Lipinski definition) is 0. The van der Waals surface area contributed by atoms with Gasteiger partial charge in [0.1, 0.15) is 0 Å². The van der Waals surface area contributed by atoms with E-state index in [9.17, 15) is 0 Å². The Kier molecular flexibility index (Phi) is 7.49. The van der Waals surface area contributed by atoms with E-state index in [1.807, 2.05) is 107 Å². The first-order chi connectivity index (χ1) is 35.2. The number of anilines is 2. The van der Waals surface area contributed by atoms with Crippen molar-refractivity contribution in [1.29, 1.82) is 0 Å². The van der Waals surface area contributed by atoms with Crippen molar-refractivity contribution in [3.63, 3.8) is 0 Å². The zero-order valence-corrected chi connectivity index (χ0v) is 36.1. The molecule has 0 aliphatic carbocycles. The molecule has 4 heterocycles. The zero-order chi connectivity index (χ0) is 51.1. The Hall–Kier alpha value is -7.28. The molecule has 306 valence electrons. The van der Waals surface area contributed by atoms with E-state index in [1.165, 1.54) is 0 Å². The number of hydrogen-bond acceptors (Lipinski definition) is 4. The number of fused-ring (bicyclic) bond motifs is 4. The molecule has 0 amide bonds. The van der Waals surface area contributed by atoms with Crippen molar-refractivity contribution < 1.29 is 37.8 Å². The molecule has 0 unspecified atom stereocenters. The van der Waals surface area contributed by atoms with Crippen molar-refractivity contribution in [2.24, 2.45) is 0 Å². The number of aromatic nitrogens is 5. The first-order valence-corrected chi connectivity index (χ1v) is 21.4. The molecular formula is C54H39BN6OPt-2. The molecular weight excluding hydrogens is 955 g/mol. The topological polar surface area (TPSA) is 53.0 Å². The molecule has 0 fully saturated rings. The second-order valence-electron chi connectivity index (χ2n) is 14.9.